The number of alkyl halides is 1. The Balaban J connectivity index is 1.61. The molecule has 2 heterocycles. The molecule has 2 fully saturated rings. The van der Waals surface area contributed by atoms with Gasteiger partial charge in [-0.25, -0.2) is 9.97 Å². The molecule has 1 amide bonds. The van der Waals surface area contributed by atoms with Crippen LogP contribution in [0.2, 0.25) is 0 Å². The monoisotopic (exact) mass is 468 g/mol. The number of aliphatic hydroxyl groups is 1. The highest BCUT2D eigenvalue weighted by atomic mass is 19.1. The zero-order chi connectivity index (χ0) is 23.8. The van der Waals surface area contributed by atoms with Gasteiger partial charge in [-0.05, 0) is 37.0 Å². The minimum Gasteiger partial charge on any atom is -0.475 e. The number of amides is 1. The molecule has 33 heavy (non-hydrogen) atoms. The molecule has 1 aliphatic heterocycles. The van der Waals surface area contributed by atoms with E-state index >= 15 is 0 Å². The van der Waals surface area contributed by atoms with Crippen LogP contribution in [0.15, 0.2) is 6.20 Å². The van der Waals surface area contributed by atoms with E-state index in [2.05, 4.69) is 15.3 Å². The first kappa shape index (κ1) is 25.6. The van der Waals surface area contributed by atoms with Gasteiger partial charge in [-0.2, -0.15) is 0 Å². The van der Waals surface area contributed by atoms with Crippen LogP contribution in [0, 0.1) is 17.8 Å². The lowest BCUT2D eigenvalue weighted by Crippen LogP contribution is -2.52. The predicted octanol–water partition coefficient (Wildman–Crippen LogP) is 1.84. The van der Waals surface area contributed by atoms with Crippen molar-refractivity contribution in [3.8, 4) is 5.88 Å². The van der Waals surface area contributed by atoms with Crippen molar-refractivity contribution < 1.29 is 28.5 Å². The second-order valence-corrected chi connectivity index (χ2v) is 9.31. The van der Waals surface area contributed by atoms with Crippen LogP contribution < -0.4 is 15.0 Å². The largest absolute Gasteiger partial charge is 0.475 e. The number of anilines is 1. The van der Waals surface area contributed by atoms with E-state index in [0.717, 1.165) is 6.42 Å². The molecule has 2 aliphatic rings. The number of halogens is 1. The second-order valence-electron chi connectivity index (χ2n) is 9.31. The Morgan fingerprint density at radius 1 is 1.33 bits per heavy atom. The van der Waals surface area contributed by atoms with Gasteiger partial charge in [-0.3, -0.25) is 9.18 Å². The van der Waals surface area contributed by atoms with Crippen LogP contribution in [0.1, 0.15) is 43.6 Å². The molecular weight excluding hydrogens is 431 g/mol. The normalized spacial score (nSPS) is 21.1. The molecule has 3 rings (SSSR count). The molecule has 0 spiro atoms. The summed E-state index contributed by atoms with van der Waals surface area (Å²) in [5, 5.41) is 12.4. The molecule has 3 atom stereocenters. The highest BCUT2D eigenvalue weighted by molar-refractivity contribution is 5.92. The number of aliphatic hydroxyl groups excluding tert-OH is 1. The number of hydrogen-bond acceptors (Lipinski definition) is 8. The fourth-order valence-corrected chi connectivity index (χ4v) is 3.85. The van der Waals surface area contributed by atoms with Crippen molar-refractivity contribution in [3.63, 3.8) is 0 Å². The first-order valence-electron chi connectivity index (χ1n) is 11.8. The van der Waals surface area contributed by atoms with Crippen molar-refractivity contribution in [1.82, 2.24) is 15.3 Å². The molecule has 10 heteroatoms. The van der Waals surface area contributed by atoms with Gasteiger partial charge >= 0.3 is 0 Å². The van der Waals surface area contributed by atoms with Gasteiger partial charge < -0.3 is 29.5 Å². The number of aromatic nitrogens is 2. The predicted molar refractivity (Wildman–Crippen MR) is 121 cm³/mol. The minimum atomic E-state index is -0.387. The number of nitrogens with zero attached hydrogens (tertiary/aromatic N) is 3. The van der Waals surface area contributed by atoms with Crippen molar-refractivity contribution in [3.05, 3.63) is 11.9 Å². The number of rotatable bonds is 15. The van der Waals surface area contributed by atoms with Crippen molar-refractivity contribution in [2.24, 2.45) is 17.8 Å². The van der Waals surface area contributed by atoms with Crippen molar-refractivity contribution in [2.75, 3.05) is 58.2 Å². The van der Waals surface area contributed by atoms with Gasteiger partial charge in [0.2, 0.25) is 0 Å². The van der Waals surface area contributed by atoms with Crippen molar-refractivity contribution in [1.29, 1.82) is 0 Å². The van der Waals surface area contributed by atoms with E-state index in [4.69, 9.17) is 14.2 Å². The number of nitrogens with one attached hydrogen (secondary N) is 1. The van der Waals surface area contributed by atoms with Gasteiger partial charge in [-0.1, -0.05) is 13.8 Å². The van der Waals surface area contributed by atoms with Gasteiger partial charge in [0.1, 0.15) is 0 Å². The number of methoxy groups -OCH3 is 1. The van der Waals surface area contributed by atoms with Crippen molar-refractivity contribution >= 4 is 11.7 Å². The van der Waals surface area contributed by atoms with Gasteiger partial charge in [0, 0.05) is 33.4 Å². The maximum Gasteiger partial charge on any atom is 0.271 e. The third-order valence-electron chi connectivity index (χ3n) is 6.00. The van der Waals surface area contributed by atoms with Crippen LogP contribution in [0.4, 0.5) is 10.2 Å². The first-order chi connectivity index (χ1) is 15.9. The first-order valence-corrected chi connectivity index (χ1v) is 11.8. The number of carbonyl (C=O) groups excluding carboxylic acids is 1. The maximum atomic E-state index is 12.7. The average Bonchev–Trinajstić information content (AvgIpc) is 3.52. The molecular formula is C23H37FN4O5. The van der Waals surface area contributed by atoms with Gasteiger partial charge in [0.05, 0.1) is 38.2 Å². The Morgan fingerprint density at radius 3 is 2.76 bits per heavy atom. The molecule has 0 unspecified atom stereocenters. The van der Waals surface area contributed by atoms with Gasteiger partial charge in [-0.15, -0.1) is 0 Å². The summed E-state index contributed by atoms with van der Waals surface area (Å²) in [6.07, 6.45) is 3.66. The van der Waals surface area contributed by atoms with Crippen LogP contribution in [0.25, 0.3) is 0 Å². The molecule has 0 bridgehead atoms. The number of hydrogen-bond donors (Lipinski definition) is 2. The molecule has 0 aromatic carbocycles. The van der Waals surface area contributed by atoms with E-state index in [0.29, 0.717) is 75.2 Å². The van der Waals surface area contributed by atoms with Gasteiger partial charge in [0.25, 0.3) is 11.8 Å². The third kappa shape index (κ3) is 7.48. The Kier molecular flexibility index (Phi) is 9.64. The SMILES string of the molecule is COC1CN(c2ncc(C(=O)N[C@H](CO)CC(C)C)nc2OC[C@H]2C[C@@H]2COCCCF)C1. The lowest BCUT2D eigenvalue weighted by molar-refractivity contribution is 0.0776. The zero-order valence-corrected chi connectivity index (χ0v) is 19.8. The standard InChI is InChI=1S/C23H37FN4O5/c1-15(2)7-18(12-29)26-22(30)20-9-25-21(28-10-19(11-28)31-3)23(27-20)33-14-17-8-16(17)13-32-6-4-5-24/h9,15-19,29H,4-8,10-14H2,1-3H3,(H,26,30)/t16-,17-,18+/m1/s1. The summed E-state index contributed by atoms with van der Waals surface area (Å²) >= 11 is 0. The number of ether oxygens (including phenoxy) is 3. The topological polar surface area (TPSA) is 106 Å². The van der Waals surface area contributed by atoms with Crippen molar-refractivity contribution in [2.45, 2.75) is 45.3 Å². The number of carbonyl (C=O) groups is 1. The molecule has 1 saturated carbocycles. The lowest BCUT2D eigenvalue weighted by Gasteiger charge is -2.39. The second kappa shape index (κ2) is 12.4. The Hall–Kier alpha value is -2.04. The minimum absolute atomic E-state index is 0.137. The molecule has 0 radical (unpaired) electrons. The molecule has 1 saturated heterocycles. The summed E-state index contributed by atoms with van der Waals surface area (Å²) in [7, 11) is 1.68. The molecule has 2 N–H and O–H groups in total. The fourth-order valence-electron chi connectivity index (χ4n) is 3.85. The summed E-state index contributed by atoms with van der Waals surface area (Å²) in [6.45, 7) is 6.44. The quantitative estimate of drug-likeness (QED) is 0.376. The van der Waals surface area contributed by atoms with E-state index < -0.39 is 0 Å². The smallest absolute Gasteiger partial charge is 0.271 e. The highest BCUT2D eigenvalue weighted by Gasteiger charge is 2.38. The van der Waals surface area contributed by atoms with Crippen LogP contribution in [-0.4, -0.2) is 86.4 Å². The summed E-state index contributed by atoms with van der Waals surface area (Å²) in [5.74, 6) is 1.61. The van der Waals surface area contributed by atoms with Gasteiger partial charge in [0.15, 0.2) is 11.5 Å². The third-order valence-corrected chi connectivity index (χ3v) is 6.00. The van der Waals surface area contributed by atoms with E-state index in [1.807, 2.05) is 18.7 Å². The lowest BCUT2D eigenvalue weighted by atomic mass is 10.0. The van der Waals surface area contributed by atoms with E-state index in [1.165, 1.54) is 6.20 Å². The van der Waals surface area contributed by atoms with Crippen LogP contribution in [0.5, 0.6) is 5.88 Å². The van der Waals surface area contributed by atoms with E-state index in [1.54, 1.807) is 7.11 Å². The molecule has 9 nitrogen and oxygen atoms in total. The molecule has 1 aliphatic carbocycles. The van der Waals surface area contributed by atoms with Crippen LogP contribution >= 0.6 is 0 Å². The molecule has 1 aromatic rings. The molecule has 186 valence electrons. The van der Waals surface area contributed by atoms with Crippen LogP contribution in [-0.2, 0) is 9.47 Å². The Bertz CT molecular complexity index is 762. The fraction of sp³-hybridized carbons (Fsp3) is 0.783. The molecule has 1 aromatic heterocycles. The highest BCUT2D eigenvalue weighted by Crippen LogP contribution is 2.39. The summed E-state index contributed by atoms with van der Waals surface area (Å²) < 4.78 is 29.1. The van der Waals surface area contributed by atoms with Crippen LogP contribution in [0.3, 0.4) is 0 Å². The Morgan fingerprint density at radius 2 is 2.09 bits per heavy atom. The summed E-state index contributed by atoms with van der Waals surface area (Å²) in [6, 6.07) is -0.342. The van der Waals surface area contributed by atoms with E-state index in [9.17, 15) is 14.3 Å². The summed E-state index contributed by atoms with van der Waals surface area (Å²) in [4.78, 5) is 23.7. The maximum absolute atomic E-state index is 12.7. The van der Waals surface area contributed by atoms with E-state index in [-0.39, 0.29) is 37.0 Å². The summed E-state index contributed by atoms with van der Waals surface area (Å²) in [5.41, 5.74) is 0.154. The average molecular weight is 469 g/mol. The zero-order valence-electron chi connectivity index (χ0n) is 19.8. The Labute approximate surface area is 195 Å².